The number of aliphatic hydroxyl groups excluding tert-OH is 1. The lowest BCUT2D eigenvalue weighted by Gasteiger charge is -2.34. The van der Waals surface area contributed by atoms with Crippen molar-refractivity contribution < 1.29 is 14.4 Å². The minimum absolute atomic E-state index is 0.0502. The molecule has 1 atom stereocenters. The highest BCUT2D eigenvalue weighted by molar-refractivity contribution is 5.87. The van der Waals surface area contributed by atoms with Gasteiger partial charge < -0.3 is 14.5 Å². The van der Waals surface area contributed by atoms with Crippen LogP contribution in [0.1, 0.15) is 48.3 Å². The number of carbonyl (C=O) groups excluding carboxylic acids is 1. The third-order valence-electron chi connectivity index (χ3n) is 4.78. The molecular weight excluding hydrogens is 320 g/mol. The average molecular weight is 344 g/mol. The van der Waals surface area contributed by atoms with Gasteiger partial charge in [-0.05, 0) is 31.8 Å². The van der Waals surface area contributed by atoms with E-state index in [1.165, 1.54) is 6.08 Å². The molecule has 7 nitrogen and oxygen atoms in total. The molecule has 0 aromatic carbocycles. The second kappa shape index (κ2) is 7.65. The highest BCUT2D eigenvalue weighted by Crippen LogP contribution is 2.35. The van der Waals surface area contributed by atoms with E-state index < -0.39 is 0 Å². The third-order valence-corrected chi connectivity index (χ3v) is 4.78. The maximum Gasteiger partial charge on any atom is 0.246 e. The second-order valence-electron chi connectivity index (χ2n) is 6.21. The first-order chi connectivity index (χ1) is 12.2. The van der Waals surface area contributed by atoms with Gasteiger partial charge in [0.25, 0.3) is 0 Å². The maximum atomic E-state index is 12.6. The number of aryl methyl sites for hydroxylation is 1. The number of hydrogen-bond donors (Lipinski definition) is 1. The van der Waals surface area contributed by atoms with Crippen molar-refractivity contribution in [3.05, 3.63) is 47.6 Å². The van der Waals surface area contributed by atoms with E-state index in [0.29, 0.717) is 13.1 Å². The van der Waals surface area contributed by atoms with Gasteiger partial charge in [0.15, 0.2) is 0 Å². The minimum Gasteiger partial charge on any atom is -0.394 e. The molecule has 1 amide bonds. The first kappa shape index (κ1) is 17.4. The van der Waals surface area contributed by atoms with Crippen molar-refractivity contribution in [2.45, 2.75) is 51.7 Å². The van der Waals surface area contributed by atoms with E-state index in [1.807, 2.05) is 22.7 Å². The summed E-state index contributed by atoms with van der Waals surface area (Å²) in [6.07, 6.45) is 8.31. The van der Waals surface area contributed by atoms with Crippen LogP contribution in [0.2, 0.25) is 0 Å². The summed E-state index contributed by atoms with van der Waals surface area (Å²) in [5.74, 6) is -0.115. The fourth-order valence-electron chi connectivity index (χ4n) is 3.55. The van der Waals surface area contributed by atoms with Crippen LogP contribution in [-0.2, 0) is 30.7 Å². The quantitative estimate of drug-likeness (QED) is 0.777. The Hall–Kier alpha value is -2.41. The molecule has 134 valence electrons. The van der Waals surface area contributed by atoms with Crippen LogP contribution in [0.25, 0.3) is 0 Å². The Labute approximate surface area is 146 Å². The van der Waals surface area contributed by atoms with Gasteiger partial charge >= 0.3 is 0 Å². The van der Waals surface area contributed by atoms with E-state index >= 15 is 0 Å². The van der Waals surface area contributed by atoms with E-state index in [2.05, 4.69) is 16.8 Å². The van der Waals surface area contributed by atoms with Crippen LogP contribution in [0.3, 0.4) is 0 Å². The Bertz CT molecular complexity index is 749. The molecule has 0 saturated carbocycles. The molecule has 2 heterocycles. The van der Waals surface area contributed by atoms with Crippen molar-refractivity contribution in [3.63, 3.8) is 0 Å². The highest BCUT2D eigenvalue weighted by atomic mass is 16.5. The Morgan fingerprint density at radius 1 is 1.60 bits per heavy atom. The van der Waals surface area contributed by atoms with E-state index in [-0.39, 0.29) is 18.6 Å². The van der Waals surface area contributed by atoms with Crippen LogP contribution in [0.4, 0.5) is 0 Å². The SMILES string of the molecule is C=CC(=O)N(Cc1conc1CC)C1CCCc2c1cnn2CCO. The summed E-state index contributed by atoms with van der Waals surface area (Å²) in [6.45, 7) is 6.63. The Morgan fingerprint density at radius 3 is 3.16 bits per heavy atom. The number of aliphatic hydroxyl groups is 1. The fraction of sp³-hybridized carbons (Fsp3) is 0.500. The van der Waals surface area contributed by atoms with Crippen molar-refractivity contribution in [3.8, 4) is 0 Å². The van der Waals surface area contributed by atoms with Gasteiger partial charge in [0.1, 0.15) is 6.26 Å². The molecule has 0 aliphatic heterocycles. The van der Waals surface area contributed by atoms with Gasteiger partial charge in [0, 0.05) is 16.8 Å². The molecule has 0 bridgehead atoms. The summed E-state index contributed by atoms with van der Waals surface area (Å²) in [7, 11) is 0. The molecule has 2 aromatic heterocycles. The van der Waals surface area contributed by atoms with Crippen LogP contribution in [0, 0.1) is 0 Å². The average Bonchev–Trinajstić information content (AvgIpc) is 3.26. The summed E-state index contributed by atoms with van der Waals surface area (Å²) in [4.78, 5) is 14.4. The van der Waals surface area contributed by atoms with Gasteiger partial charge in [0.2, 0.25) is 5.91 Å². The van der Waals surface area contributed by atoms with Gasteiger partial charge in [-0.15, -0.1) is 0 Å². The summed E-state index contributed by atoms with van der Waals surface area (Å²) in [5.41, 5.74) is 3.96. The van der Waals surface area contributed by atoms with Crippen LogP contribution in [0.15, 0.2) is 29.6 Å². The molecular formula is C18H24N4O3. The second-order valence-corrected chi connectivity index (χ2v) is 6.21. The molecule has 0 spiro atoms. The lowest BCUT2D eigenvalue weighted by atomic mass is 9.91. The number of carbonyl (C=O) groups is 1. The molecule has 1 aliphatic carbocycles. The zero-order valence-electron chi connectivity index (χ0n) is 14.5. The summed E-state index contributed by atoms with van der Waals surface area (Å²) >= 11 is 0. The minimum atomic E-state index is -0.115. The molecule has 3 rings (SSSR count). The van der Waals surface area contributed by atoms with Crippen molar-refractivity contribution in [1.82, 2.24) is 19.8 Å². The number of nitrogens with zero attached hydrogens (tertiary/aromatic N) is 4. The first-order valence-electron chi connectivity index (χ1n) is 8.70. The smallest absolute Gasteiger partial charge is 0.246 e. The van der Waals surface area contributed by atoms with Crippen LogP contribution in [-0.4, -0.2) is 37.5 Å². The topological polar surface area (TPSA) is 84.4 Å². The van der Waals surface area contributed by atoms with Gasteiger partial charge in [-0.25, -0.2) is 0 Å². The largest absolute Gasteiger partial charge is 0.394 e. The Balaban J connectivity index is 1.93. The Kier molecular flexibility index (Phi) is 5.33. The van der Waals surface area contributed by atoms with Crippen molar-refractivity contribution in [2.75, 3.05) is 6.61 Å². The highest BCUT2D eigenvalue weighted by Gasteiger charge is 2.31. The number of hydrogen-bond acceptors (Lipinski definition) is 5. The van der Waals surface area contributed by atoms with Crippen LogP contribution in [0.5, 0.6) is 0 Å². The number of fused-ring (bicyclic) bond motifs is 1. The molecule has 1 aliphatic rings. The molecule has 0 radical (unpaired) electrons. The van der Waals surface area contributed by atoms with E-state index in [1.54, 1.807) is 6.26 Å². The predicted octanol–water partition coefficient (Wildman–Crippen LogP) is 2.02. The lowest BCUT2D eigenvalue weighted by Crippen LogP contribution is -2.35. The van der Waals surface area contributed by atoms with E-state index in [4.69, 9.17) is 4.52 Å². The number of aromatic nitrogens is 3. The normalized spacial score (nSPS) is 16.5. The first-order valence-corrected chi connectivity index (χ1v) is 8.70. The van der Waals surface area contributed by atoms with Gasteiger partial charge in [-0.2, -0.15) is 5.10 Å². The van der Waals surface area contributed by atoms with Crippen molar-refractivity contribution in [2.24, 2.45) is 0 Å². The zero-order valence-corrected chi connectivity index (χ0v) is 14.5. The fourth-order valence-corrected chi connectivity index (χ4v) is 3.55. The number of amides is 1. The summed E-state index contributed by atoms with van der Waals surface area (Å²) < 4.78 is 6.93. The van der Waals surface area contributed by atoms with E-state index in [0.717, 1.165) is 48.2 Å². The number of rotatable bonds is 7. The summed E-state index contributed by atoms with van der Waals surface area (Å²) in [6, 6.07) is -0.0544. The van der Waals surface area contributed by atoms with E-state index in [9.17, 15) is 9.90 Å². The molecule has 2 aromatic rings. The molecule has 1 unspecified atom stereocenters. The van der Waals surface area contributed by atoms with Gasteiger partial charge in [0.05, 0.1) is 37.6 Å². The third kappa shape index (κ3) is 3.37. The van der Waals surface area contributed by atoms with Crippen molar-refractivity contribution in [1.29, 1.82) is 0 Å². The van der Waals surface area contributed by atoms with Crippen LogP contribution >= 0.6 is 0 Å². The predicted molar refractivity (Wildman–Crippen MR) is 91.6 cm³/mol. The molecule has 0 fully saturated rings. The molecule has 25 heavy (non-hydrogen) atoms. The van der Waals surface area contributed by atoms with Crippen molar-refractivity contribution >= 4 is 5.91 Å². The monoisotopic (exact) mass is 344 g/mol. The van der Waals surface area contributed by atoms with Gasteiger partial charge in [-0.1, -0.05) is 18.7 Å². The lowest BCUT2D eigenvalue weighted by molar-refractivity contribution is -0.129. The standard InChI is InChI=1S/C18H24N4O3/c1-3-15-13(12-25-20-15)11-21(18(24)4-2)16-6-5-7-17-14(16)10-19-22(17)8-9-23/h4,10,12,16,23H,2-3,5-9,11H2,1H3. The zero-order chi connectivity index (χ0) is 17.8. The molecule has 1 N–H and O–H groups in total. The maximum absolute atomic E-state index is 12.6. The van der Waals surface area contributed by atoms with Gasteiger partial charge in [-0.3, -0.25) is 9.48 Å². The molecule has 7 heteroatoms. The Morgan fingerprint density at radius 2 is 2.44 bits per heavy atom. The summed E-state index contributed by atoms with van der Waals surface area (Å²) in [5, 5.41) is 17.6. The molecule has 0 saturated heterocycles. The van der Waals surface area contributed by atoms with Crippen LogP contribution < -0.4 is 0 Å².